The van der Waals surface area contributed by atoms with Crippen LogP contribution >= 0.6 is 0 Å². The molecule has 7 atom stereocenters. The van der Waals surface area contributed by atoms with Crippen LogP contribution in [0.4, 0.5) is 0 Å². The molecule has 3 aromatic carbocycles. The Balaban J connectivity index is 1.40. The molecule has 1 saturated heterocycles. The van der Waals surface area contributed by atoms with E-state index in [1.807, 2.05) is 13.8 Å². The molecule has 0 radical (unpaired) electrons. The average Bonchev–Trinajstić information content (AvgIpc) is 3.16. The summed E-state index contributed by atoms with van der Waals surface area (Å²) in [6, 6.07) is 11.3. The smallest absolute Gasteiger partial charge is 0.341 e. The van der Waals surface area contributed by atoms with Gasteiger partial charge >= 0.3 is 5.97 Å². The van der Waals surface area contributed by atoms with Crippen LogP contribution in [0.3, 0.4) is 0 Å². The Labute approximate surface area is 316 Å². The summed E-state index contributed by atoms with van der Waals surface area (Å²) in [5.74, 6) is -6.45. The fourth-order valence-corrected chi connectivity index (χ4v) is 8.56. The van der Waals surface area contributed by atoms with Crippen molar-refractivity contribution in [3.05, 3.63) is 104 Å². The molecule has 1 fully saturated rings. The number of hydrogen-bond acceptors (Lipinski definition) is 14. The summed E-state index contributed by atoms with van der Waals surface area (Å²) < 4.78 is 28.6. The zero-order valence-electron chi connectivity index (χ0n) is 31.1. The maximum atomic E-state index is 15.1. The molecule has 1 heterocycles. The van der Waals surface area contributed by atoms with Crippen LogP contribution in [0, 0.1) is 12.8 Å². The Bertz CT molecular complexity index is 2200. The van der Waals surface area contributed by atoms with Gasteiger partial charge in [-0.2, -0.15) is 0 Å². The summed E-state index contributed by atoms with van der Waals surface area (Å²) in [4.78, 5) is 71.0. The molecule has 4 N–H and O–H groups in total. The predicted octanol–water partition coefficient (Wildman–Crippen LogP) is 3.27. The SMILES string of the molecule is COC(=O)c1c(C)cc2c(c1OCc1ccccc1)[C@]1(O)C(=O)c3cc4c(c(O)c3C(=O)[C@]1(OC)[C@H](O)C2)C(=O)C=C(NC1O[C@@H](C)[C@H](OC)C[C@H]1C)C4=O. The van der Waals surface area contributed by atoms with Crippen LogP contribution in [-0.4, -0.2) is 95.9 Å². The number of phenols is 1. The monoisotopic (exact) mass is 755 g/mol. The maximum absolute atomic E-state index is 15.1. The number of esters is 1. The maximum Gasteiger partial charge on any atom is 0.341 e. The van der Waals surface area contributed by atoms with Gasteiger partial charge < -0.3 is 44.3 Å². The number of nitrogens with one attached hydrogen (secondary N) is 1. The Hall–Kier alpha value is -5.25. The van der Waals surface area contributed by atoms with Gasteiger partial charge in [0.25, 0.3) is 0 Å². The Morgan fingerprint density at radius 1 is 1.00 bits per heavy atom. The van der Waals surface area contributed by atoms with Crippen molar-refractivity contribution in [3.63, 3.8) is 0 Å². The lowest BCUT2D eigenvalue weighted by atomic mass is 9.56. The molecule has 1 unspecified atom stereocenters. The number of aliphatic hydroxyl groups is 2. The molecule has 0 aromatic heterocycles. The normalized spacial score (nSPS) is 28.4. The fourth-order valence-electron chi connectivity index (χ4n) is 8.56. The van der Waals surface area contributed by atoms with Crippen molar-refractivity contribution in [3.8, 4) is 11.5 Å². The number of ketones is 4. The molecule has 55 heavy (non-hydrogen) atoms. The van der Waals surface area contributed by atoms with E-state index in [-0.39, 0.29) is 59.3 Å². The summed E-state index contributed by atoms with van der Waals surface area (Å²) in [5.41, 5.74) is -7.75. The van der Waals surface area contributed by atoms with Gasteiger partial charge in [-0.05, 0) is 43.0 Å². The molecule has 3 aromatic rings. The molecule has 3 aliphatic carbocycles. The molecule has 0 saturated carbocycles. The minimum atomic E-state index is -3.11. The van der Waals surface area contributed by atoms with Crippen LogP contribution in [-0.2, 0) is 37.6 Å². The van der Waals surface area contributed by atoms with E-state index in [1.165, 1.54) is 6.07 Å². The van der Waals surface area contributed by atoms with E-state index in [2.05, 4.69) is 5.32 Å². The second-order valence-electron chi connectivity index (χ2n) is 14.4. The first-order valence-electron chi connectivity index (χ1n) is 17.8. The number of rotatable bonds is 8. The van der Waals surface area contributed by atoms with Crippen LogP contribution in [0.15, 0.2) is 54.2 Å². The third-order valence-electron chi connectivity index (χ3n) is 11.3. The second kappa shape index (κ2) is 13.8. The predicted molar refractivity (Wildman–Crippen MR) is 192 cm³/mol. The lowest BCUT2D eigenvalue weighted by Crippen LogP contribution is -2.73. The second-order valence-corrected chi connectivity index (χ2v) is 14.4. The number of allylic oxidation sites excluding steroid dienone is 2. The van der Waals surface area contributed by atoms with Gasteiger partial charge in [-0.25, -0.2) is 4.79 Å². The molecule has 14 heteroatoms. The van der Waals surface area contributed by atoms with Gasteiger partial charge in [0.2, 0.25) is 17.3 Å². The molecule has 288 valence electrons. The van der Waals surface area contributed by atoms with E-state index in [0.717, 1.165) is 26.4 Å². The van der Waals surface area contributed by atoms with Gasteiger partial charge in [0.15, 0.2) is 17.0 Å². The number of carbonyl (C=O) groups excluding carboxylic acids is 5. The number of aliphatic hydroxyl groups excluding tert-OH is 1. The van der Waals surface area contributed by atoms with Gasteiger partial charge in [0, 0.05) is 49.3 Å². The highest BCUT2D eigenvalue weighted by molar-refractivity contribution is 6.31. The van der Waals surface area contributed by atoms with E-state index in [9.17, 15) is 34.5 Å². The fraction of sp³-hybridized carbons (Fsp3) is 0.390. The van der Waals surface area contributed by atoms with Gasteiger partial charge in [-0.3, -0.25) is 19.2 Å². The highest BCUT2D eigenvalue weighted by atomic mass is 16.6. The quantitative estimate of drug-likeness (QED) is 0.244. The van der Waals surface area contributed by atoms with Crippen molar-refractivity contribution in [2.45, 2.75) is 76.0 Å². The number of carbonyl (C=O) groups is 5. The summed E-state index contributed by atoms with van der Waals surface area (Å²) in [6.07, 6.45) is -1.93. The molecular formula is C41H41NO13. The number of methoxy groups -OCH3 is 3. The van der Waals surface area contributed by atoms with Gasteiger partial charge in [0.1, 0.15) is 29.9 Å². The minimum Gasteiger partial charge on any atom is -0.506 e. The Kier molecular flexibility index (Phi) is 9.54. The summed E-state index contributed by atoms with van der Waals surface area (Å²) in [7, 11) is 3.72. The lowest BCUT2D eigenvalue weighted by Gasteiger charge is -2.53. The van der Waals surface area contributed by atoms with Crippen LogP contribution in [0.1, 0.15) is 94.3 Å². The summed E-state index contributed by atoms with van der Waals surface area (Å²) in [6.45, 7) is 5.13. The van der Waals surface area contributed by atoms with Crippen LogP contribution in [0.2, 0.25) is 0 Å². The van der Waals surface area contributed by atoms with Gasteiger partial charge in [-0.15, -0.1) is 0 Å². The first-order chi connectivity index (χ1) is 26.2. The number of hydrogen-bond donors (Lipinski definition) is 4. The number of phenolic OH excluding ortho intramolecular Hbond substituents is 1. The minimum absolute atomic E-state index is 0.153. The molecule has 4 aliphatic rings. The van der Waals surface area contributed by atoms with Crippen LogP contribution in [0.25, 0.3) is 0 Å². The number of aryl methyl sites for hydroxylation is 1. The average molecular weight is 756 g/mol. The molecule has 14 nitrogen and oxygen atoms in total. The van der Waals surface area contributed by atoms with Crippen molar-refractivity contribution in [1.82, 2.24) is 5.32 Å². The number of Topliss-reactive ketones (excluding diaryl/α,β-unsaturated/α-hetero) is 3. The number of fused-ring (bicyclic) bond motifs is 5. The number of aromatic hydroxyl groups is 1. The summed E-state index contributed by atoms with van der Waals surface area (Å²) >= 11 is 0. The molecule has 0 bridgehead atoms. The van der Waals surface area contributed by atoms with Crippen molar-refractivity contribution >= 4 is 29.1 Å². The van der Waals surface area contributed by atoms with E-state index < -0.39 is 80.6 Å². The zero-order chi connectivity index (χ0) is 39.7. The first-order valence-corrected chi connectivity index (χ1v) is 17.8. The zero-order valence-corrected chi connectivity index (χ0v) is 31.1. The Morgan fingerprint density at radius 3 is 2.36 bits per heavy atom. The molecule has 0 spiro atoms. The van der Waals surface area contributed by atoms with Crippen LogP contribution in [0.5, 0.6) is 11.5 Å². The largest absolute Gasteiger partial charge is 0.506 e. The highest BCUT2D eigenvalue weighted by Crippen LogP contribution is 2.57. The molecule has 0 amide bonds. The van der Waals surface area contributed by atoms with E-state index in [4.69, 9.17) is 23.7 Å². The van der Waals surface area contributed by atoms with Crippen molar-refractivity contribution in [2.75, 3.05) is 21.3 Å². The van der Waals surface area contributed by atoms with E-state index >= 15 is 4.79 Å². The van der Waals surface area contributed by atoms with Gasteiger partial charge in [-0.1, -0.05) is 43.3 Å². The molecule has 7 rings (SSSR count). The number of benzene rings is 3. The van der Waals surface area contributed by atoms with Crippen molar-refractivity contribution in [2.24, 2.45) is 5.92 Å². The van der Waals surface area contributed by atoms with Crippen LogP contribution < -0.4 is 10.1 Å². The van der Waals surface area contributed by atoms with Gasteiger partial charge in [0.05, 0.1) is 42.2 Å². The first kappa shape index (κ1) is 38.0. The number of ether oxygens (including phenoxy) is 5. The van der Waals surface area contributed by atoms with E-state index in [0.29, 0.717) is 17.5 Å². The topological polar surface area (TPSA) is 204 Å². The third kappa shape index (κ3) is 5.46. The Morgan fingerprint density at radius 2 is 1.71 bits per heavy atom. The molecular weight excluding hydrogens is 714 g/mol. The third-order valence-corrected chi connectivity index (χ3v) is 11.3. The molecule has 1 aliphatic heterocycles. The van der Waals surface area contributed by atoms with E-state index in [1.54, 1.807) is 44.4 Å². The standard InChI is InChI=1S/C41H41NO13/c1-18-12-22-14-28(44)41(53-6)37(48)31-24(36(47)40(41,50)32(22)35(29(18)39(49)52-5)54-17-21-10-8-7-9-11-21)15-23-30(34(31)46)26(43)16-25(33(23)45)42-38-19(2)13-27(51-4)20(3)55-38/h7-12,15-16,19-20,27-28,38,42,44,46,50H,13-14,17H2,1-6H3/t19-,20+,27-,28-,38?,40+,41-/m1/s1. The highest BCUT2D eigenvalue weighted by Gasteiger charge is 2.73. The summed E-state index contributed by atoms with van der Waals surface area (Å²) in [5, 5.41) is 39.4. The van der Waals surface area contributed by atoms with Crippen molar-refractivity contribution < 1.29 is 63.0 Å². The lowest BCUT2D eigenvalue weighted by molar-refractivity contribution is -0.181. The van der Waals surface area contributed by atoms with Crippen molar-refractivity contribution in [1.29, 1.82) is 0 Å².